The highest BCUT2D eigenvalue weighted by molar-refractivity contribution is 6.14. The zero-order chi connectivity index (χ0) is 18.0. The molecule has 2 aromatic heterocycles. The van der Waals surface area contributed by atoms with Gasteiger partial charge in [-0.15, -0.1) is 0 Å². The smallest absolute Gasteiger partial charge is 0.199 e. The van der Waals surface area contributed by atoms with Gasteiger partial charge in [0.1, 0.15) is 23.8 Å². The summed E-state index contributed by atoms with van der Waals surface area (Å²) in [6.45, 7) is 0. The number of nitrogens with zero attached hydrogens (tertiary/aromatic N) is 6. The van der Waals surface area contributed by atoms with E-state index in [1.807, 2.05) is 0 Å². The highest BCUT2D eigenvalue weighted by atomic mass is 19.1. The highest BCUT2D eigenvalue weighted by Gasteiger charge is 2.28. The van der Waals surface area contributed by atoms with Crippen LogP contribution < -0.4 is 0 Å². The van der Waals surface area contributed by atoms with E-state index < -0.39 is 11.6 Å². The first kappa shape index (κ1) is 14.3. The van der Waals surface area contributed by atoms with Crippen molar-refractivity contribution in [2.45, 2.75) is 0 Å². The Labute approximate surface area is 144 Å². The summed E-state index contributed by atoms with van der Waals surface area (Å²) in [5.41, 5.74) is 1.75. The minimum Gasteiger partial charge on any atom is -0.223 e. The van der Waals surface area contributed by atoms with Gasteiger partial charge in [-0.05, 0) is 24.3 Å². The molecular weight excluding hydrogens is 338 g/mol. The predicted octanol–water partition coefficient (Wildman–Crippen LogP) is 3.24. The van der Waals surface area contributed by atoms with Crippen LogP contribution in [0.5, 0.6) is 0 Å². The fourth-order valence-corrected chi connectivity index (χ4v) is 3.23. The first-order valence-corrected chi connectivity index (χ1v) is 7.44. The van der Waals surface area contributed by atoms with Crippen molar-refractivity contribution in [2.24, 2.45) is 0 Å². The van der Waals surface area contributed by atoms with E-state index >= 15 is 0 Å². The monoisotopic (exact) mass is 342 g/mol. The summed E-state index contributed by atoms with van der Waals surface area (Å²) in [7, 11) is 0. The number of hydrogen-bond donors (Lipinski definition) is 0. The Morgan fingerprint density at radius 3 is 1.54 bits per heavy atom. The van der Waals surface area contributed by atoms with Crippen LogP contribution in [0.3, 0.4) is 0 Å². The fourth-order valence-electron chi connectivity index (χ4n) is 3.23. The molecule has 0 radical (unpaired) electrons. The van der Waals surface area contributed by atoms with Crippen LogP contribution in [0, 0.1) is 34.3 Å². The number of benzene rings is 2. The molecule has 0 fully saturated rings. The van der Waals surface area contributed by atoms with Crippen LogP contribution in [-0.4, -0.2) is 19.9 Å². The largest absolute Gasteiger partial charge is 0.223 e. The van der Waals surface area contributed by atoms with Gasteiger partial charge < -0.3 is 0 Å². The lowest BCUT2D eigenvalue weighted by molar-refractivity contribution is 0.608. The summed E-state index contributed by atoms with van der Waals surface area (Å²) < 4.78 is 28.3. The average molecular weight is 342 g/mol. The number of nitriles is 2. The third-order valence-corrected chi connectivity index (χ3v) is 4.30. The van der Waals surface area contributed by atoms with Crippen molar-refractivity contribution in [1.82, 2.24) is 19.9 Å². The second kappa shape index (κ2) is 4.74. The summed E-state index contributed by atoms with van der Waals surface area (Å²) in [5, 5.41) is 18.4. The topological polar surface area (TPSA) is 99.1 Å². The van der Waals surface area contributed by atoms with Gasteiger partial charge in [-0.2, -0.15) is 10.5 Å². The first-order valence-electron chi connectivity index (χ1n) is 7.44. The molecule has 0 amide bonds. The normalized spacial score (nSPS) is 11.4. The quantitative estimate of drug-likeness (QED) is 0.428. The van der Waals surface area contributed by atoms with E-state index in [1.54, 1.807) is 12.1 Å². The molecule has 0 spiro atoms. The summed E-state index contributed by atoms with van der Waals surface area (Å²) in [4.78, 5) is 16.9. The lowest BCUT2D eigenvalue weighted by atomic mass is 10.0. The third-order valence-electron chi connectivity index (χ3n) is 4.30. The Hall–Kier alpha value is -4.04. The summed E-state index contributed by atoms with van der Waals surface area (Å²) >= 11 is 0. The van der Waals surface area contributed by atoms with Crippen LogP contribution in [0.15, 0.2) is 24.3 Å². The second-order valence-electron chi connectivity index (χ2n) is 5.65. The Kier molecular flexibility index (Phi) is 2.61. The zero-order valence-electron chi connectivity index (χ0n) is 12.7. The maximum absolute atomic E-state index is 14.2. The molecule has 0 aliphatic heterocycles. The van der Waals surface area contributed by atoms with E-state index in [1.165, 1.54) is 24.3 Å². The Balaban J connectivity index is 1.94. The maximum atomic E-state index is 14.2. The number of rotatable bonds is 0. The van der Waals surface area contributed by atoms with E-state index in [2.05, 4.69) is 19.9 Å². The highest BCUT2D eigenvalue weighted by Crippen LogP contribution is 2.46. The van der Waals surface area contributed by atoms with Gasteiger partial charge >= 0.3 is 0 Å². The van der Waals surface area contributed by atoms with Crippen LogP contribution in [-0.2, 0) is 0 Å². The van der Waals surface area contributed by atoms with E-state index in [9.17, 15) is 8.78 Å². The van der Waals surface area contributed by atoms with Gasteiger partial charge in [-0.25, -0.2) is 28.7 Å². The molecule has 0 atom stereocenters. The van der Waals surface area contributed by atoms with E-state index in [4.69, 9.17) is 10.5 Å². The molecule has 26 heavy (non-hydrogen) atoms. The molecule has 120 valence electrons. The Bertz CT molecular complexity index is 1280. The zero-order valence-corrected chi connectivity index (χ0v) is 12.7. The predicted molar refractivity (Wildman–Crippen MR) is 86.4 cm³/mol. The lowest BCUT2D eigenvalue weighted by Gasteiger charge is -2.03. The van der Waals surface area contributed by atoms with Crippen LogP contribution >= 0.6 is 0 Å². The molecule has 0 saturated heterocycles. The minimum atomic E-state index is -0.671. The molecule has 2 aromatic carbocycles. The van der Waals surface area contributed by atoms with E-state index in [0.29, 0.717) is 27.9 Å². The Morgan fingerprint density at radius 1 is 0.654 bits per heavy atom. The van der Waals surface area contributed by atoms with Crippen LogP contribution in [0.25, 0.3) is 44.6 Å². The molecule has 0 bridgehead atoms. The number of hydrogen-bond acceptors (Lipinski definition) is 6. The summed E-state index contributed by atoms with van der Waals surface area (Å²) in [6.07, 6.45) is 0. The van der Waals surface area contributed by atoms with Gasteiger partial charge in [0.05, 0.1) is 16.8 Å². The molecule has 4 aromatic rings. The van der Waals surface area contributed by atoms with Crippen molar-refractivity contribution in [3.8, 4) is 34.7 Å². The number of fused-ring (bicyclic) bond motifs is 4. The SMILES string of the molecule is N#Cc1nc2nc3c(nc2nc1C#N)-c1ccc(F)c2c(F)ccc-3c12. The average Bonchev–Trinajstić information content (AvgIpc) is 2.96. The van der Waals surface area contributed by atoms with Crippen molar-refractivity contribution >= 4 is 22.1 Å². The van der Waals surface area contributed by atoms with Crippen LogP contribution in [0.4, 0.5) is 8.78 Å². The molecular formula is C18H4F2N6. The van der Waals surface area contributed by atoms with Gasteiger partial charge in [-0.3, -0.25) is 0 Å². The Morgan fingerprint density at radius 2 is 1.12 bits per heavy atom. The number of aromatic nitrogens is 4. The van der Waals surface area contributed by atoms with Gasteiger partial charge in [-0.1, -0.05) is 0 Å². The number of halogens is 2. The van der Waals surface area contributed by atoms with Crippen molar-refractivity contribution < 1.29 is 8.78 Å². The second-order valence-corrected chi connectivity index (χ2v) is 5.65. The molecule has 0 unspecified atom stereocenters. The lowest BCUT2D eigenvalue weighted by Crippen LogP contribution is -2.01. The van der Waals surface area contributed by atoms with Crippen LogP contribution in [0.2, 0.25) is 0 Å². The molecule has 5 rings (SSSR count). The van der Waals surface area contributed by atoms with Crippen molar-refractivity contribution in [2.75, 3.05) is 0 Å². The van der Waals surface area contributed by atoms with Crippen molar-refractivity contribution in [3.05, 3.63) is 47.3 Å². The third kappa shape index (κ3) is 1.65. The molecule has 8 heteroatoms. The summed E-state index contributed by atoms with van der Waals surface area (Å²) in [6, 6.07) is 8.96. The van der Waals surface area contributed by atoms with Gasteiger partial charge in [0.15, 0.2) is 22.7 Å². The standard InChI is InChI=1S/C18H4F2N6/c19-9-3-1-7-13-8(2-4-10(20)14(9)13)16-15(7)25-17-18(26-16)24-12(6-22)11(5-21)23-17/h1-4H. The first-order chi connectivity index (χ1) is 12.6. The molecule has 0 N–H and O–H groups in total. The fraction of sp³-hybridized carbons (Fsp3) is 0. The van der Waals surface area contributed by atoms with Gasteiger partial charge in [0.2, 0.25) is 0 Å². The van der Waals surface area contributed by atoms with Crippen molar-refractivity contribution in [3.63, 3.8) is 0 Å². The molecule has 0 saturated carbocycles. The summed E-state index contributed by atoms with van der Waals surface area (Å²) in [5.74, 6) is -1.34. The molecule has 2 heterocycles. The minimum absolute atomic E-state index is 0.0880. The maximum Gasteiger partial charge on any atom is 0.199 e. The molecule has 6 nitrogen and oxygen atoms in total. The van der Waals surface area contributed by atoms with Crippen molar-refractivity contribution in [1.29, 1.82) is 10.5 Å². The molecule has 1 aliphatic carbocycles. The van der Waals surface area contributed by atoms with Gasteiger partial charge in [0.25, 0.3) is 0 Å². The van der Waals surface area contributed by atoms with E-state index in [0.717, 1.165) is 0 Å². The molecule has 1 aliphatic rings. The van der Waals surface area contributed by atoms with Crippen LogP contribution in [0.1, 0.15) is 11.4 Å². The van der Waals surface area contributed by atoms with Gasteiger partial charge in [0, 0.05) is 16.5 Å². The van der Waals surface area contributed by atoms with E-state index in [-0.39, 0.29) is 28.1 Å².